The predicted molar refractivity (Wildman–Crippen MR) is 126 cm³/mol. The number of hydrogen-bond donors (Lipinski definition) is 1. The van der Waals surface area contributed by atoms with Crippen molar-refractivity contribution in [2.75, 3.05) is 19.0 Å². The van der Waals surface area contributed by atoms with Gasteiger partial charge in [-0.2, -0.15) is 0 Å². The highest BCUT2D eigenvalue weighted by molar-refractivity contribution is 6.31. The Bertz CT molecular complexity index is 1270. The van der Waals surface area contributed by atoms with Crippen LogP contribution < -0.4 is 15.6 Å². The summed E-state index contributed by atoms with van der Waals surface area (Å²) < 4.78 is 8.50. The molecule has 2 heterocycles. The predicted octanol–water partition coefficient (Wildman–Crippen LogP) is 3.39. The van der Waals surface area contributed by atoms with E-state index in [1.165, 1.54) is 22.8 Å². The molecular formula is C24H25ClN4O4. The fraction of sp³-hybridized carbons (Fsp3) is 0.292. The molecule has 33 heavy (non-hydrogen) atoms. The Morgan fingerprint density at radius 3 is 2.58 bits per heavy atom. The van der Waals surface area contributed by atoms with Gasteiger partial charge in [0.1, 0.15) is 17.5 Å². The number of rotatable bonds is 5. The first kappa shape index (κ1) is 22.7. The van der Waals surface area contributed by atoms with Crippen LogP contribution in [0.25, 0.3) is 5.69 Å². The van der Waals surface area contributed by atoms with Crippen molar-refractivity contribution in [2.24, 2.45) is 7.05 Å². The smallest absolute Gasteiger partial charge is 0.295 e. The average molecular weight is 469 g/mol. The zero-order valence-corrected chi connectivity index (χ0v) is 19.4. The van der Waals surface area contributed by atoms with E-state index in [0.717, 1.165) is 0 Å². The normalized spacial score (nSPS) is 15.5. The number of nitrogens with one attached hydrogen (secondary N) is 1. The van der Waals surface area contributed by atoms with E-state index in [9.17, 15) is 14.4 Å². The van der Waals surface area contributed by atoms with Gasteiger partial charge >= 0.3 is 0 Å². The summed E-state index contributed by atoms with van der Waals surface area (Å²) in [5.74, 6) is -0.341. The van der Waals surface area contributed by atoms with Gasteiger partial charge in [-0.1, -0.05) is 29.8 Å². The van der Waals surface area contributed by atoms with Crippen LogP contribution in [0, 0.1) is 6.92 Å². The van der Waals surface area contributed by atoms with E-state index in [1.54, 1.807) is 30.8 Å². The first-order valence-corrected chi connectivity index (χ1v) is 11.0. The van der Waals surface area contributed by atoms with Gasteiger partial charge in [-0.05, 0) is 50.1 Å². The largest absolute Gasteiger partial charge is 0.496 e. The third kappa shape index (κ3) is 4.14. The highest BCUT2D eigenvalue weighted by Crippen LogP contribution is 2.28. The number of carbonyl (C=O) groups excluding carboxylic acids is 2. The molecule has 1 aliphatic heterocycles. The van der Waals surface area contributed by atoms with Gasteiger partial charge in [0, 0.05) is 18.6 Å². The van der Waals surface area contributed by atoms with Gasteiger partial charge in [0.25, 0.3) is 11.5 Å². The molecular weight excluding hydrogens is 444 g/mol. The van der Waals surface area contributed by atoms with E-state index >= 15 is 0 Å². The Labute approximate surface area is 196 Å². The molecule has 8 nitrogen and oxygen atoms in total. The molecule has 1 N–H and O–H groups in total. The minimum atomic E-state index is -0.703. The van der Waals surface area contributed by atoms with Crippen LogP contribution in [-0.2, 0) is 11.8 Å². The first-order chi connectivity index (χ1) is 15.8. The molecule has 1 aromatic heterocycles. The van der Waals surface area contributed by atoms with Crippen LogP contribution in [0.2, 0.25) is 5.02 Å². The summed E-state index contributed by atoms with van der Waals surface area (Å²) in [5, 5.41) is 3.19. The van der Waals surface area contributed by atoms with Crippen LogP contribution in [0.1, 0.15) is 28.9 Å². The van der Waals surface area contributed by atoms with Gasteiger partial charge in [0.15, 0.2) is 0 Å². The van der Waals surface area contributed by atoms with Crippen LogP contribution in [0.15, 0.2) is 53.3 Å². The van der Waals surface area contributed by atoms with E-state index in [0.29, 0.717) is 47.1 Å². The summed E-state index contributed by atoms with van der Waals surface area (Å²) in [6, 6.07) is 13.3. The van der Waals surface area contributed by atoms with Crippen molar-refractivity contribution < 1.29 is 14.3 Å². The molecule has 2 aromatic carbocycles. The molecule has 0 bridgehead atoms. The van der Waals surface area contributed by atoms with Gasteiger partial charge in [-0.3, -0.25) is 19.1 Å². The van der Waals surface area contributed by atoms with Crippen LogP contribution in [0.5, 0.6) is 5.75 Å². The van der Waals surface area contributed by atoms with E-state index < -0.39 is 11.9 Å². The van der Waals surface area contributed by atoms with Crippen molar-refractivity contribution in [1.82, 2.24) is 14.3 Å². The topological polar surface area (TPSA) is 85.6 Å². The van der Waals surface area contributed by atoms with Crippen molar-refractivity contribution in [3.05, 3.63) is 75.2 Å². The van der Waals surface area contributed by atoms with Crippen molar-refractivity contribution in [3.8, 4) is 11.4 Å². The number of para-hydroxylation sites is 1. The average Bonchev–Trinajstić information content (AvgIpc) is 3.39. The molecule has 1 saturated heterocycles. The summed E-state index contributed by atoms with van der Waals surface area (Å²) in [4.78, 5) is 41.1. The molecule has 4 rings (SSSR count). The van der Waals surface area contributed by atoms with Crippen LogP contribution in [0.3, 0.4) is 0 Å². The van der Waals surface area contributed by atoms with Gasteiger partial charge in [-0.25, -0.2) is 4.68 Å². The van der Waals surface area contributed by atoms with E-state index in [2.05, 4.69) is 5.32 Å². The van der Waals surface area contributed by atoms with Crippen LogP contribution in [0.4, 0.5) is 5.69 Å². The summed E-state index contributed by atoms with van der Waals surface area (Å²) >= 11 is 6.09. The zero-order valence-electron chi connectivity index (χ0n) is 18.7. The number of methoxy groups -OCH3 is 1. The Hall–Kier alpha value is -3.52. The van der Waals surface area contributed by atoms with Crippen molar-refractivity contribution in [1.29, 1.82) is 0 Å². The highest BCUT2D eigenvalue weighted by atomic mass is 35.5. The van der Waals surface area contributed by atoms with Crippen molar-refractivity contribution in [3.63, 3.8) is 0 Å². The summed E-state index contributed by atoms with van der Waals surface area (Å²) in [7, 11) is 3.24. The second-order valence-corrected chi connectivity index (χ2v) is 8.36. The number of amides is 2. The molecule has 0 spiro atoms. The standard InChI is InChI=1S/C24H25ClN4O4/c1-15-21(24(32)29(27(15)2)17-8-5-4-6-9-17)26-22(30)19-10-7-13-28(19)23(31)18-14-16(25)11-12-20(18)33-3/h4-6,8-9,11-12,14,19H,7,10,13H2,1-3H3,(H,26,30). The molecule has 1 atom stereocenters. The summed E-state index contributed by atoms with van der Waals surface area (Å²) in [5.41, 5.74) is 1.48. The lowest BCUT2D eigenvalue weighted by molar-refractivity contribution is -0.119. The maximum Gasteiger partial charge on any atom is 0.295 e. The zero-order chi connectivity index (χ0) is 23.7. The molecule has 2 amide bonds. The van der Waals surface area contributed by atoms with Gasteiger partial charge < -0.3 is 15.0 Å². The SMILES string of the molecule is COc1ccc(Cl)cc1C(=O)N1CCCC1C(=O)Nc1c(C)n(C)n(-c2ccccc2)c1=O. The van der Waals surface area contributed by atoms with E-state index in [-0.39, 0.29) is 17.2 Å². The monoisotopic (exact) mass is 468 g/mol. The summed E-state index contributed by atoms with van der Waals surface area (Å²) in [6.07, 6.45) is 1.17. The molecule has 0 aliphatic carbocycles. The Kier molecular flexibility index (Phi) is 6.29. The number of halogens is 1. The number of likely N-dealkylation sites (tertiary alicyclic amines) is 1. The number of ether oxygens (including phenoxy) is 1. The minimum absolute atomic E-state index is 0.200. The molecule has 172 valence electrons. The minimum Gasteiger partial charge on any atom is -0.496 e. The van der Waals surface area contributed by atoms with Crippen LogP contribution in [-0.4, -0.2) is 45.8 Å². The molecule has 3 aromatic rings. The van der Waals surface area contributed by atoms with E-state index in [4.69, 9.17) is 16.3 Å². The van der Waals surface area contributed by atoms with Crippen molar-refractivity contribution in [2.45, 2.75) is 25.8 Å². The molecule has 0 saturated carbocycles. The maximum absolute atomic E-state index is 13.3. The fourth-order valence-corrected chi connectivity index (χ4v) is 4.38. The quantitative estimate of drug-likeness (QED) is 0.622. The second-order valence-electron chi connectivity index (χ2n) is 7.93. The van der Waals surface area contributed by atoms with Gasteiger partial charge in [-0.15, -0.1) is 0 Å². The molecule has 1 fully saturated rings. The molecule has 1 aliphatic rings. The number of aromatic nitrogens is 2. The Morgan fingerprint density at radius 1 is 1.15 bits per heavy atom. The molecule has 9 heteroatoms. The van der Waals surface area contributed by atoms with Crippen LogP contribution >= 0.6 is 11.6 Å². The highest BCUT2D eigenvalue weighted by Gasteiger charge is 2.36. The number of hydrogen-bond acceptors (Lipinski definition) is 4. The van der Waals surface area contributed by atoms with Crippen molar-refractivity contribution >= 4 is 29.1 Å². The number of anilines is 1. The third-order valence-corrected chi connectivity index (χ3v) is 6.25. The Balaban J connectivity index is 1.61. The number of nitrogens with zero attached hydrogens (tertiary/aromatic N) is 3. The van der Waals surface area contributed by atoms with Gasteiger partial charge in [0.05, 0.1) is 24.1 Å². The lowest BCUT2D eigenvalue weighted by Gasteiger charge is -2.24. The maximum atomic E-state index is 13.3. The lowest BCUT2D eigenvalue weighted by atomic mass is 10.1. The second kappa shape index (κ2) is 9.15. The fourth-order valence-electron chi connectivity index (χ4n) is 4.20. The third-order valence-electron chi connectivity index (χ3n) is 6.01. The molecule has 0 radical (unpaired) electrons. The Morgan fingerprint density at radius 2 is 1.88 bits per heavy atom. The van der Waals surface area contributed by atoms with E-state index in [1.807, 2.05) is 30.3 Å². The number of benzene rings is 2. The molecule has 1 unspecified atom stereocenters. The first-order valence-electron chi connectivity index (χ1n) is 10.6. The summed E-state index contributed by atoms with van der Waals surface area (Å²) in [6.45, 7) is 2.19. The number of carbonyl (C=O) groups is 2. The van der Waals surface area contributed by atoms with Gasteiger partial charge in [0.2, 0.25) is 5.91 Å². The lowest BCUT2D eigenvalue weighted by Crippen LogP contribution is -2.43.